The van der Waals surface area contributed by atoms with Gasteiger partial charge in [0.1, 0.15) is 0 Å². The summed E-state index contributed by atoms with van der Waals surface area (Å²) in [5.74, 6) is 1.11. The van der Waals surface area contributed by atoms with Crippen LogP contribution in [-0.2, 0) is 14.3 Å². The molecular formula is C23H22N2O6. The van der Waals surface area contributed by atoms with Crippen molar-refractivity contribution < 1.29 is 28.5 Å². The molecule has 2 aliphatic heterocycles. The van der Waals surface area contributed by atoms with Crippen LogP contribution in [0.5, 0.6) is 17.2 Å². The molecule has 0 atom stereocenters. The lowest BCUT2D eigenvalue weighted by Gasteiger charge is -2.15. The number of amides is 1. The van der Waals surface area contributed by atoms with Crippen LogP contribution in [0.3, 0.4) is 0 Å². The van der Waals surface area contributed by atoms with Crippen LogP contribution in [0.4, 0.5) is 5.69 Å². The number of methoxy groups -OCH3 is 3. The minimum Gasteiger partial charge on any atom is -0.493 e. The largest absolute Gasteiger partial charge is 0.493 e. The summed E-state index contributed by atoms with van der Waals surface area (Å²) in [4.78, 5) is 30.4. The number of cyclic esters (lactones) is 1. The molecule has 1 amide bonds. The normalized spacial score (nSPS) is 17.1. The van der Waals surface area contributed by atoms with Gasteiger partial charge in [-0.05, 0) is 48.9 Å². The summed E-state index contributed by atoms with van der Waals surface area (Å²) in [6.07, 6.45) is 3.01. The number of ether oxygens (including phenoxy) is 4. The van der Waals surface area contributed by atoms with Gasteiger partial charge < -0.3 is 23.8 Å². The van der Waals surface area contributed by atoms with Crippen LogP contribution in [0.1, 0.15) is 24.0 Å². The average molecular weight is 422 g/mol. The number of nitrogens with zero attached hydrogens (tertiary/aromatic N) is 2. The van der Waals surface area contributed by atoms with Crippen LogP contribution < -0.4 is 19.1 Å². The maximum Gasteiger partial charge on any atom is 0.363 e. The van der Waals surface area contributed by atoms with Gasteiger partial charge in [0.25, 0.3) is 0 Å². The van der Waals surface area contributed by atoms with Gasteiger partial charge in [-0.25, -0.2) is 9.79 Å². The van der Waals surface area contributed by atoms with Crippen molar-refractivity contribution in [1.82, 2.24) is 0 Å². The fourth-order valence-corrected chi connectivity index (χ4v) is 3.62. The lowest BCUT2D eigenvalue weighted by molar-refractivity contribution is -0.130. The Morgan fingerprint density at radius 2 is 1.71 bits per heavy atom. The minimum atomic E-state index is -0.564. The second-order valence-corrected chi connectivity index (χ2v) is 6.96. The summed E-state index contributed by atoms with van der Waals surface area (Å²) in [5, 5.41) is 0. The van der Waals surface area contributed by atoms with E-state index < -0.39 is 5.97 Å². The topological polar surface area (TPSA) is 86.7 Å². The molecular weight excluding hydrogens is 400 g/mol. The maximum atomic E-state index is 12.4. The van der Waals surface area contributed by atoms with Crippen LogP contribution in [-0.4, -0.2) is 45.6 Å². The van der Waals surface area contributed by atoms with E-state index in [4.69, 9.17) is 18.9 Å². The first-order valence-electron chi connectivity index (χ1n) is 9.78. The van der Waals surface area contributed by atoms with Crippen molar-refractivity contribution >= 4 is 29.5 Å². The van der Waals surface area contributed by atoms with Gasteiger partial charge in [0.15, 0.2) is 17.2 Å². The molecule has 1 saturated heterocycles. The number of benzene rings is 2. The van der Waals surface area contributed by atoms with Gasteiger partial charge in [0.2, 0.25) is 17.6 Å². The molecule has 160 valence electrons. The van der Waals surface area contributed by atoms with Gasteiger partial charge in [-0.2, -0.15) is 0 Å². The molecule has 0 saturated carbocycles. The molecule has 0 radical (unpaired) electrons. The van der Waals surface area contributed by atoms with Crippen molar-refractivity contribution in [1.29, 1.82) is 0 Å². The third-order valence-corrected chi connectivity index (χ3v) is 5.15. The van der Waals surface area contributed by atoms with Crippen molar-refractivity contribution in [2.24, 2.45) is 4.99 Å². The van der Waals surface area contributed by atoms with Crippen molar-refractivity contribution in [3.8, 4) is 17.2 Å². The molecule has 2 aromatic carbocycles. The smallest absolute Gasteiger partial charge is 0.363 e. The highest BCUT2D eigenvalue weighted by Crippen LogP contribution is 2.41. The molecule has 0 bridgehead atoms. The van der Waals surface area contributed by atoms with Crippen molar-refractivity contribution in [3.63, 3.8) is 0 Å². The predicted octanol–water partition coefficient (Wildman–Crippen LogP) is 3.18. The summed E-state index contributed by atoms with van der Waals surface area (Å²) in [5.41, 5.74) is 2.20. The standard InChI is InChI=1S/C23H22N2O6/c1-28-18-11-8-15(20(29-2)21(18)30-3)13-17-23(27)31-22(24-17)14-6-9-16(10-7-14)25-12-4-5-19(25)26/h6-11,13H,4-5,12H2,1-3H3. The van der Waals surface area contributed by atoms with E-state index >= 15 is 0 Å². The first-order valence-corrected chi connectivity index (χ1v) is 9.78. The van der Waals surface area contributed by atoms with Gasteiger partial charge in [-0.1, -0.05) is 0 Å². The van der Waals surface area contributed by atoms with E-state index in [1.54, 1.807) is 35.2 Å². The summed E-state index contributed by atoms with van der Waals surface area (Å²) in [6, 6.07) is 10.7. The molecule has 2 aliphatic rings. The van der Waals surface area contributed by atoms with Crippen molar-refractivity contribution in [2.75, 3.05) is 32.8 Å². The lowest BCUT2D eigenvalue weighted by Crippen LogP contribution is -2.23. The zero-order valence-corrected chi connectivity index (χ0v) is 17.5. The zero-order valence-electron chi connectivity index (χ0n) is 17.5. The fraction of sp³-hybridized carbons (Fsp3) is 0.261. The Labute approximate surface area is 179 Å². The number of carbonyl (C=O) groups excluding carboxylic acids is 2. The third-order valence-electron chi connectivity index (χ3n) is 5.15. The predicted molar refractivity (Wildman–Crippen MR) is 115 cm³/mol. The molecule has 0 aromatic heterocycles. The highest BCUT2D eigenvalue weighted by atomic mass is 16.6. The molecule has 0 spiro atoms. The van der Waals surface area contributed by atoms with Crippen LogP contribution in [0.25, 0.3) is 6.08 Å². The lowest BCUT2D eigenvalue weighted by atomic mass is 10.1. The van der Waals surface area contributed by atoms with E-state index in [1.165, 1.54) is 21.3 Å². The monoisotopic (exact) mass is 422 g/mol. The fourth-order valence-electron chi connectivity index (χ4n) is 3.62. The Morgan fingerprint density at radius 3 is 2.32 bits per heavy atom. The molecule has 8 heteroatoms. The number of aliphatic imine (C=N–C) groups is 1. The highest BCUT2D eigenvalue weighted by molar-refractivity contribution is 6.13. The molecule has 0 aliphatic carbocycles. The Morgan fingerprint density at radius 1 is 0.968 bits per heavy atom. The molecule has 2 heterocycles. The van der Waals surface area contributed by atoms with Gasteiger partial charge in [0, 0.05) is 29.8 Å². The summed E-state index contributed by atoms with van der Waals surface area (Å²) in [7, 11) is 4.55. The van der Waals surface area contributed by atoms with Gasteiger partial charge in [0.05, 0.1) is 21.3 Å². The van der Waals surface area contributed by atoms with E-state index in [0.717, 1.165) is 12.1 Å². The summed E-state index contributed by atoms with van der Waals surface area (Å²) >= 11 is 0. The minimum absolute atomic E-state index is 0.117. The first-order chi connectivity index (χ1) is 15.0. The second-order valence-electron chi connectivity index (χ2n) is 6.96. The Bertz CT molecular complexity index is 1090. The molecule has 4 rings (SSSR count). The molecule has 0 N–H and O–H groups in total. The number of hydrogen-bond donors (Lipinski definition) is 0. The van der Waals surface area contributed by atoms with Gasteiger partial charge in [-0.3, -0.25) is 4.79 Å². The maximum absolute atomic E-state index is 12.4. The number of carbonyl (C=O) groups is 2. The Balaban J connectivity index is 1.63. The SMILES string of the molecule is COc1ccc(C=C2N=C(c3ccc(N4CCCC4=O)cc3)OC2=O)c(OC)c1OC. The Hall–Kier alpha value is -3.81. The third kappa shape index (κ3) is 3.84. The number of hydrogen-bond acceptors (Lipinski definition) is 7. The van der Waals surface area contributed by atoms with Crippen LogP contribution in [0, 0.1) is 0 Å². The second kappa shape index (κ2) is 8.51. The zero-order chi connectivity index (χ0) is 22.0. The van der Waals surface area contributed by atoms with E-state index in [0.29, 0.717) is 41.3 Å². The van der Waals surface area contributed by atoms with E-state index in [9.17, 15) is 9.59 Å². The molecule has 0 unspecified atom stereocenters. The van der Waals surface area contributed by atoms with Gasteiger partial charge >= 0.3 is 5.97 Å². The molecule has 1 fully saturated rings. The summed E-state index contributed by atoms with van der Waals surface area (Å²) in [6.45, 7) is 0.716. The number of anilines is 1. The molecule has 2 aromatic rings. The average Bonchev–Trinajstić information content (AvgIpc) is 3.38. The number of rotatable bonds is 6. The van der Waals surface area contributed by atoms with Crippen LogP contribution >= 0.6 is 0 Å². The number of esters is 1. The van der Waals surface area contributed by atoms with Crippen LogP contribution in [0.15, 0.2) is 47.1 Å². The quantitative estimate of drug-likeness (QED) is 0.525. The van der Waals surface area contributed by atoms with E-state index in [2.05, 4.69) is 4.99 Å². The molecule has 8 nitrogen and oxygen atoms in total. The first kappa shape index (κ1) is 20.5. The van der Waals surface area contributed by atoms with Crippen molar-refractivity contribution in [3.05, 3.63) is 53.2 Å². The van der Waals surface area contributed by atoms with E-state index in [-0.39, 0.29) is 17.5 Å². The summed E-state index contributed by atoms with van der Waals surface area (Å²) < 4.78 is 21.5. The van der Waals surface area contributed by atoms with Gasteiger partial charge in [-0.15, -0.1) is 0 Å². The Kier molecular flexibility index (Phi) is 5.62. The van der Waals surface area contributed by atoms with Crippen LogP contribution in [0.2, 0.25) is 0 Å². The highest BCUT2D eigenvalue weighted by Gasteiger charge is 2.26. The van der Waals surface area contributed by atoms with E-state index in [1.807, 2.05) is 12.1 Å². The van der Waals surface area contributed by atoms with Crippen molar-refractivity contribution in [2.45, 2.75) is 12.8 Å². The molecule has 31 heavy (non-hydrogen) atoms.